The molecule has 1 unspecified atom stereocenters. The van der Waals surface area contributed by atoms with Crippen LogP contribution in [0, 0.1) is 0 Å². The van der Waals surface area contributed by atoms with Crippen molar-refractivity contribution in [3.8, 4) is 5.75 Å². The molecule has 0 aliphatic rings. The summed E-state index contributed by atoms with van der Waals surface area (Å²) >= 11 is 0. The van der Waals surface area contributed by atoms with Crippen LogP contribution in [0.3, 0.4) is 0 Å². The summed E-state index contributed by atoms with van der Waals surface area (Å²) in [5.74, 6) is 0.548. The number of rotatable bonds is 9. The second-order valence-electron chi connectivity index (χ2n) is 6.53. The average molecular weight is 391 g/mol. The zero-order chi connectivity index (χ0) is 20.5. The summed E-state index contributed by atoms with van der Waals surface area (Å²) in [6.07, 6.45) is -5.37. The lowest BCUT2D eigenvalue weighted by Gasteiger charge is -2.21. The second kappa shape index (κ2) is 10.4. The van der Waals surface area contributed by atoms with Gasteiger partial charge in [0.25, 0.3) is 0 Å². The van der Waals surface area contributed by atoms with E-state index in [9.17, 15) is 18.3 Å². The molecule has 0 fully saturated rings. The Labute approximate surface area is 157 Å². The van der Waals surface area contributed by atoms with Crippen LogP contribution in [0.15, 0.2) is 29.3 Å². The number of hydrogen-bond donors (Lipinski definition) is 3. The number of nitrogens with one attached hydrogen (secondary N) is 2. The Morgan fingerprint density at radius 2 is 1.96 bits per heavy atom. The van der Waals surface area contributed by atoms with Crippen LogP contribution >= 0.6 is 0 Å². The number of hydrogen-bond acceptors (Lipinski definition) is 4. The van der Waals surface area contributed by atoms with E-state index in [0.29, 0.717) is 19.0 Å². The molecule has 0 saturated heterocycles. The van der Waals surface area contributed by atoms with Gasteiger partial charge in [-0.2, -0.15) is 13.2 Å². The van der Waals surface area contributed by atoms with Gasteiger partial charge < -0.3 is 25.2 Å². The van der Waals surface area contributed by atoms with Crippen LogP contribution in [-0.4, -0.2) is 56.1 Å². The lowest BCUT2D eigenvalue weighted by Crippen LogP contribution is -2.43. The Kier molecular flexibility index (Phi) is 8.84. The molecule has 0 amide bonds. The largest absolute Gasteiger partial charge is 0.491 e. The third kappa shape index (κ3) is 8.96. The number of aliphatic hydroxyl groups is 1. The van der Waals surface area contributed by atoms with Gasteiger partial charge in [0, 0.05) is 20.2 Å². The molecule has 6 nitrogen and oxygen atoms in total. The smallest absolute Gasteiger partial charge is 0.416 e. The maximum atomic E-state index is 12.7. The lowest BCUT2D eigenvalue weighted by atomic mass is 10.1. The monoisotopic (exact) mass is 391 g/mol. The summed E-state index contributed by atoms with van der Waals surface area (Å²) in [7, 11) is 1.60. The van der Waals surface area contributed by atoms with E-state index in [1.165, 1.54) is 12.1 Å². The van der Waals surface area contributed by atoms with E-state index < -0.39 is 23.4 Å². The number of alkyl halides is 3. The van der Waals surface area contributed by atoms with E-state index >= 15 is 0 Å². The number of ether oxygens (including phenoxy) is 2. The standard InChI is InChI=1S/C18H28F3N3O3/c1-5-22-16(24-12-17(2,3)26-4)23-10-14(25)11-27-15-8-6-7-13(9-15)18(19,20)21/h6-9,14,25H,5,10-12H2,1-4H3,(H2,22,23,24). The van der Waals surface area contributed by atoms with Crippen molar-refractivity contribution < 1.29 is 27.8 Å². The van der Waals surface area contributed by atoms with Crippen LogP contribution < -0.4 is 15.4 Å². The number of aliphatic hydroxyl groups excluding tert-OH is 1. The predicted molar refractivity (Wildman–Crippen MR) is 98.0 cm³/mol. The van der Waals surface area contributed by atoms with Crippen LogP contribution in [0.5, 0.6) is 5.75 Å². The Balaban J connectivity index is 2.53. The fraction of sp³-hybridized carbons (Fsp3) is 0.611. The van der Waals surface area contributed by atoms with E-state index in [4.69, 9.17) is 9.47 Å². The molecule has 3 N–H and O–H groups in total. The van der Waals surface area contributed by atoms with Gasteiger partial charge in [-0.3, -0.25) is 4.99 Å². The highest BCUT2D eigenvalue weighted by molar-refractivity contribution is 5.79. The zero-order valence-electron chi connectivity index (χ0n) is 16.1. The highest BCUT2D eigenvalue weighted by Gasteiger charge is 2.30. The molecule has 0 aliphatic carbocycles. The molecule has 1 atom stereocenters. The van der Waals surface area contributed by atoms with Gasteiger partial charge in [-0.1, -0.05) is 6.07 Å². The molecule has 27 heavy (non-hydrogen) atoms. The third-order valence-electron chi connectivity index (χ3n) is 3.62. The number of guanidine groups is 1. The van der Waals surface area contributed by atoms with Crippen LogP contribution in [0.1, 0.15) is 26.3 Å². The maximum absolute atomic E-state index is 12.7. The van der Waals surface area contributed by atoms with Gasteiger partial charge in [0.15, 0.2) is 5.96 Å². The first-order valence-electron chi connectivity index (χ1n) is 8.63. The molecular formula is C18H28F3N3O3. The summed E-state index contributed by atoms with van der Waals surface area (Å²) in [6, 6.07) is 4.54. The van der Waals surface area contributed by atoms with Crippen molar-refractivity contribution in [2.45, 2.75) is 38.7 Å². The molecule has 0 spiro atoms. The zero-order valence-corrected chi connectivity index (χ0v) is 16.1. The molecule has 0 bridgehead atoms. The molecule has 9 heteroatoms. The van der Waals surface area contributed by atoms with Gasteiger partial charge in [0.05, 0.1) is 17.7 Å². The van der Waals surface area contributed by atoms with Gasteiger partial charge in [-0.15, -0.1) is 0 Å². The van der Waals surface area contributed by atoms with Gasteiger partial charge >= 0.3 is 6.18 Å². The highest BCUT2D eigenvalue weighted by atomic mass is 19.4. The van der Waals surface area contributed by atoms with E-state index in [0.717, 1.165) is 12.1 Å². The molecule has 0 heterocycles. The van der Waals surface area contributed by atoms with E-state index in [2.05, 4.69) is 15.6 Å². The molecule has 1 rings (SSSR count). The van der Waals surface area contributed by atoms with Crippen molar-refractivity contribution in [3.63, 3.8) is 0 Å². The summed E-state index contributed by atoms with van der Waals surface area (Å²) in [4.78, 5) is 4.38. The predicted octanol–water partition coefficient (Wildman–Crippen LogP) is 2.43. The molecule has 1 aromatic rings. The summed E-state index contributed by atoms with van der Waals surface area (Å²) in [5.41, 5.74) is -1.22. The maximum Gasteiger partial charge on any atom is 0.416 e. The number of methoxy groups -OCH3 is 1. The molecule has 154 valence electrons. The molecule has 0 aromatic heterocycles. The summed E-state index contributed by atoms with van der Waals surface area (Å²) in [5, 5.41) is 16.0. The van der Waals surface area contributed by atoms with Crippen LogP contribution in [-0.2, 0) is 10.9 Å². The van der Waals surface area contributed by atoms with Crippen LogP contribution in [0.4, 0.5) is 13.2 Å². The van der Waals surface area contributed by atoms with Gasteiger partial charge in [0.1, 0.15) is 18.5 Å². The van der Waals surface area contributed by atoms with Crippen LogP contribution in [0.25, 0.3) is 0 Å². The Morgan fingerprint density at radius 3 is 2.56 bits per heavy atom. The Hall–Kier alpha value is -2.00. The Bertz CT molecular complexity index is 607. The minimum absolute atomic E-state index is 0.0475. The van der Waals surface area contributed by atoms with Crippen molar-refractivity contribution in [2.24, 2.45) is 4.99 Å². The fourth-order valence-corrected chi connectivity index (χ4v) is 1.90. The highest BCUT2D eigenvalue weighted by Crippen LogP contribution is 2.31. The minimum atomic E-state index is -4.44. The number of benzene rings is 1. The van der Waals surface area contributed by atoms with E-state index in [1.807, 2.05) is 20.8 Å². The fourth-order valence-electron chi connectivity index (χ4n) is 1.90. The van der Waals surface area contributed by atoms with Crippen molar-refractivity contribution in [2.75, 3.05) is 33.4 Å². The lowest BCUT2D eigenvalue weighted by molar-refractivity contribution is -0.137. The molecule has 0 saturated carbocycles. The van der Waals surface area contributed by atoms with Gasteiger partial charge in [-0.05, 0) is 39.0 Å². The van der Waals surface area contributed by atoms with E-state index in [-0.39, 0.29) is 18.9 Å². The first-order chi connectivity index (χ1) is 12.6. The third-order valence-corrected chi connectivity index (χ3v) is 3.62. The van der Waals surface area contributed by atoms with Gasteiger partial charge in [0.2, 0.25) is 0 Å². The van der Waals surface area contributed by atoms with Crippen molar-refractivity contribution >= 4 is 5.96 Å². The number of halogens is 3. The minimum Gasteiger partial charge on any atom is -0.491 e. The molecule has 0 radical (unpaired) electrons. The topological polar surface area (TPSA) is 75.1 Å². The number of nitrogens with zero attached hydrogens (tertiary/aromatic N) is 1. The second-order valence-corrected chi connectivity index (χ2v) is 6.53. The van der Waals surface area contributed by atoms with Crippen LogP contribution in [0.2, 0.25) is 0 Å². The quantitative estimate of drug-likeness (QED) is 0.445. The van der Waals surface area contributed by atoms with Crippen molar-refractivity contribution in [1.82, 2.24) is 10.6 Å². The summed E-state index contributed by atoms with van der Waals surface area (Å²) < 4.78 is 48.6. The normalized spacial score (nSPS) is 14.0. The van der Waals surface area contributed by atoms with Crippen molar-refractivity contribution in [1.29, 1.82) is 0 Å². The Morgan fingerprint density at radius 1 is 1.26 bits per heavy atom. The molecular weight excluding hydrogens is 363 g/mol. The molecule has 1 aromatic carbocycles. The first-order valence-corrected chi connectivity index (χ1v) is 8.63. The number of aliphatic imine (C=N–C) groups is 1. The summed E-state index contributed by atoms with van der Waals surface area (Å²) in [6.45, 7) is 6.72. The molecule has 0 aliphatic heterocycles. The van der Waals surface area contributed by atoms with Gasteiger partial charge in [-0.25, -0.2) is 0 Å². The average Bonchev–Trinajstić information content (AvgIpc) is 2.62. The first kappa shape index (κ1) is 23.0. The van der Waals surface area contributed by atoms with E-state index in [1.54, 1.807) is 7.11 Å². The van der Waals surface area contributed by atoms with Crippen molar-refractivity contribution in [3.05, 3.63) is 29.8 Å². The SMILES string of the molecule is CCNC(=NCC(C)(C)OC)NCC(O)COc1cccc(C(F)(F)F)c1.